The maximum absolute atomic E-state index is 13.2. The van der Waals surface area contributed by atoms with E-state index in [0.717, 1.165) is 12.1 Å². The van der Waals surface area contributed by atoms with Crippen LogP contribution in [-0.4, -0.2) is 13.5 Å². The van der Waals surface area contributed by atoms with Crippen LogP contribution in [0.25, 0.3) is 0 Å². The summed E-state index contributed by atoms with van der Waals surface area (Å²) < 4.78 is 39.9. The molecule has 0 amide bonds. The van der Waals surface area contributed by atoms with Gasteiger partial charge in [0.05, 0.1) is 17.3 Å². The number of benzene rings is 2. The minimum atomic E-state index is -3.99. The fourth-order valence-corrected chi connectivity index (χ4v) is 3.25. The first-order valence-corrected chi connectivity index (χ1v) is 7.67. The van der Waals surface area contributed by atoms with Crippen molar-refractivity contribution in [1.82, 2.24) is 0 Å². The molecule has 0 aromatic heterocycles. The van der Waals surface area contributed by atoms with Gasteiger partial charge in [0.25, 0.3) is 10.0 Å². The zero-order chi connectivity index (χ0) is 15.6. The summed E-state index contributed by atoms with van der Waals surface area (Å²) in [7, 11) is -3.99. The molecule has 21 heavy (non-hydrogen) atoms. The van der Waals surface area contributed by atoms with Crippen LogP contribution in [0.5, 0.6) is 0 Å². The quantitative estimate of drug-likeness (QED) is 0.750. The highest BCUT2D eigenvalue weighted by atomic mass is 35.5. The number of aliphatic hydroxyl groups excluding tert-OH is 1. The molecule has 0 spiro atoms. The lowest BCUT2D eigenvalue weighted by Gasteiger charge is -2.11. The van der Waals surface area contributed by atoms with Crippen molar-refractivity contribution in [1.29, 1.82) is 0 Å². The van der Waals surface area contributed by atoms with Crippen LogP contribution in [-0.2, 0) is 16.6 Å². The van der Waals surface area contributed by atoms with E-state index in [1.165, 1.54) is 12.1 Å². The number of nitrogens with one attached hydrogen (secondary N) is 1. The van der Waals surface area contributed by atoms with E-state index in [1.807, 2.05) is 0 Å². The van der Waals surface area contributed by atoms with Gasteiger partial charge in [-0.05, 0) is 29.8 Å². The van der Waals surface area contributed by atoms with Crippen LogP contribution in [0.3, 0.4) is 0 Å². The molecule has 0 fully saturated rings. The van der Waals surface area contributed by atoms with E-state index in [4.69, 9.17) is 22.4 Å². The van der Waals surface area contributed by atoms with Gasteiger partial charge in [-0.25, -0.2) is 12.8 Å². The van der Waals surface area contributed by atoms with Crippen LogP contribution in [0.4, 0.5) is 15.8 Å². The third kappa shape index (κ3) is 3.44. The zero-order valence-electron chi connectivity index (χ0n) is 10.7. The van der Waals surface area contributed by atoms with Crippen molar-refractivity contribution < 1.29 is 17.9 Å². The third-order valence-electron chi connectivity index (χ3n) is 2.73. The summed E-state index contributed by atoms with van der Waals surface area (Å²) in [5.74, 6) is -0.786. The average molecular weight is 331 g/mol. The summed E-state index contributed by atoms with van der Waals surface area (Å²) in [6.45, 7) is -0.145. The molecule has 2 aromatic rings. The normalized spacial score (nSPS) is 11.4. The van der Waals surface area contributed by atoms with Gasteiger partial charge in [-0.2, -0.15) is 0 Å². The van der Waals surface area contributed by atoms with Gasteiger partial charge in [0.15, 0.2) is 0 Å². The number of sulfonamides is 1. The van der Waals surface area contributed by atoms with Gasteiger partial charge >= 0.3 is 0 Å². The minimum Gasteiger partial charge on any atom is -0.396 e. The number of hydrogen-bond acceptors (Lipinski definition) is 4. The first kappa shape index (κ1) is 15.6. The van der Waals surface area contributed by atoms with Gasteiger partial charge in [-0.15, -0.1) is 0 Å². The molecule has 0 heterocycles. The first-order valence-electron chi connectivity index (χ1n) is 5.80. The van der Waals surface area contributed by atoms with Crippen molar-refractivity contribution in [3.8, 4) is 0 Å². The highest BCUT2D eigenvalue weighted by Gasteiger charge is 2.20. The van der Waals surface area contributed by atoms with Crippen molar-refractivity contribution in [2.45, 2.75) is 11.5 Å². The van der Waals surface area contributed by atoms with E-state index in [0.29, 0.717) is 5.56 Å². The van der Waals surface area contributed by atoms with Gasteiger partial charge in [0, 0.05) is 5.69 Å². The van der Waals surface area contributed by atoms with Gasteiger partial charge in [-0.1, -0.05) is 23.7 Å². The van der Waals surface area contributed by atoms with Crippen molar-refractivity contribution in [2.24, 2.45) is 0 Å². The summed E-state index contributed by atoms with van der Waals surface area (Å²) in [4.78, 5) is -0.311. The molecule has 2 rings (SSSR count). The Balaban J connectivity index is 2.35. The van der Waals surface area contributed by atoms with Gasteiger partial charge < -0.3 is 10.8 Å². The average Bonchev–Trinajstić information content (AvgIpc) is 2.43. The molecule has 0 saturated heterocycles. The smallest absolute Gasteiger partial charge is 0.263 e. The SMILES string of the molecule is Nc1cc(S(=O)(=O)Nc2ccc(CO)cc2)c(Cl)cc1F. The first-order chi connectivity index (χ1) is 9.83. The maximum atomic E-state index is 13.2. The molecule has 0 unspecified atom stereocenters. The highest BCUT2D eigenvalue weighted by Crippen LogP contribution is 2.28. The Morgan fingerprint density at radius 1 is 1.24 bits per heavy atom. The topological polar surface area (TPSA) is 92.4 Å². The highest BCUT2D eigenvalue weighted by molar-refractivity contribution is 7.92. The number of hydrogen-bond donors (Lipinski definition) is 3. The summed E-state index contributed by atoms with van der Waals surface area (Å²) in [5, 5.41) is 8.66. The number of aliphatic hydroxyl groups is 1. The number of anilines is 2. The Labute approximate surface area is 126 Å². The van der Waals surface area contributed by atoms with Gasteiger partial charge in [-0.3, -0.25) is 4.72 Å². The van der Waals surface area contributed by atoms with Crippen LogP contribution in [0.1, 0.15) is 5.56 Å². The minimum absolute atomic E-state index is 0.145. The molecule has 0 aliphatic rings. The molecule has 0 atom stereocenters. The molecule has 4 N–H and O–H groups in total. The molecule has 2 aromatic carbocycles. The van der Waals surface area contributed by atoms with Crippen molar-refractivity contribution in [2.75, 3.05) is 10.5 Å². The third-order valence-corrected chi connectivity index (χ3v) is 4.58. The number of nitrogens with two attached hydrogens (primary N) is 1. The van der Waals surface area contributed by atoms with Crippen molar-refractivity contribution >= 4 is 33.0 Å². The fourth-order valence-electron chi connectivity index (χ4n) is 1.64. The Morgan fingerprint density at radius 2 is 1.86 bits per heavy atom. The second-order valence-electron chi connectivity index (χ2n) is 4.26. The van der Waals surface area contributed by atoms with Crippen molar-refractivity contribution in [3.63, 3.8) is 0 Å². The fraction of sp³-hybridized carbons (Fsp3) is 0.0769. The molecule has 0 aliphatic carbocycles. The molecule has 0 aliphatic heterocycles. The van der Waals surface area contributed by atoms with E-state index in [1.54, 1.807) is 12.1 Å². The number of rotatable bonds is 4. The molecular weight excluding hydrogens is 319 g/mol. The predicted molar refractivity (Wildman–Crippen MR) is 79.0 cm³/mol. The molecule has 0 saturated carbocycles. The van der Waals surface area contributed by atoms with Crippen LogP contribution >= 0.6 is 11.6 Å². The zero-order valence-corrected chi connectivity index (χ0v) is 12.2. The lowest BCUT2D eigenvalue weighted by Crippen LogP contribution is -2.14. The lowest BCUT2D eigenvalue weighted by molar-refractivity contribution is 0.282. The van der Waals surface area contributed by atoms with E-state index >= 15 is 0 Å². The Bertz CT molecular complexity index is 764. The molecule has 112 valence electrons. The Morgan fingerprint density at radius 3 is 2.43 bits per heavy atom. The predicted octanol–water partition coefficient (Wildman–Crippen LogP) is 2.35. The molecule has 0 bridgehead atoms. The van der Waals surface area contributed by atoms with Crippen molar-refractivity contribution in [3.05, 3.63) is 52.8 Å². The molecule has 0 radical (unpaired) electrons. The molecule has 5 nitrogen and oxygen atoms in total. The van der Waals surface area contributed by atoms with E-state index < -0.39 is 15.8 Å². The summed E-state index contributed by atoms with van der Waals surface area (Å²) >= 11 is 5.75. The summed E-state index contributed by atoms with van der Waals surface area (Å²) in [6.07, 6.45) is 0. The lowest BCUT2D eigenvalue weighted by atomic mass is 10.2. The maximum Gasteiger partial charge on any atom is 0.263 e. The summed E-state index contributed by atoms with van der Waals surface area (Å²) in [5.41, 5.74) is 5.98. The monoisotopic (exact) mass is 330 g/mol. The summed E-state index contributed by atoms with van der Waals surface area (Å²) in [6, 6.07) is 7.92. The van der Waals surface area contributed by atoms with Gasteiger partial charge in [0.1, 0.15) is 10.7 Å². The molecular formula is C13H12ClFN2O3S. The largest absolute Gasteiger partial charge is 0.396 e. The second-order valence-corrected chi connectivity index (χ2v) is 6.32. The standard InChI is InChI=1S/C13H12ClFN2O3S/c14-10-5-11(15)12(16)6-13(10)21(19,20)17-9-3-1-8(7-18)2-4-9/h1-6,17-18H,7,16H2. The van der Waals surface area contributed by atoms with E-state index in [9.17, 15) is 12.8 Å². The van der Waals surface area contributed by atoms with Gasteiger partial charge in [0.2, 0.25) is 0 Å². The molecule has 8 heteroatoms. The number of nitrogen functional groups attached to an aromatic ring is 1. The van der Waals surface area contributed by atoms with Crippen LogP contribution < -0.4 is 10.5 Å². The van der Waals surface area contributed by atoms with E-state index in [2.05, 4.69) is 4.72 Å². The van der Waals surface area contributed by atoms with Crippen LogP contribution in [0.15, 0.2) is 41.3 Å². The number of halogens is 2. The Kier molecular flexibility index (Phi) is 4.36. The van der Waals surface area contributed by atoms with Crippen LogP contribution in [0.2, 0.25) is 5.02 Å². The van der Waals surface area contributed by atoms with Crippen LogP contribution in [0, 0.1) is 5.82 Å². The second kappa shape index (κ2) is 5.88. The van der Waals surface area contributed by atoms with E-state index in [-0.39, 0.29) is 27.9 Å². The Hall–Kier alpha value is -1.83.